The Kier molecular flexibility index (Phi) is 5.44. The fourth-order valence-corrected chi connectivity index (χ4v) is 2.78. The number of hydrogen-bond donors (Lipinski definition) is 3. The van der Waals surface area contributed by atoms with Gasteiger partial charge in [-0.1, -0.05) is 0 Å². The Morgan fingerprint density at radius 1 is 1.03 bits per heavy atom. The zero-order valence-electron chi connectivity index (χ0n) is 15.7. The van der Waals surface area contributed by atoms with Gasteiger partial charge in [0.2, 0.25) is 11.7 Å². The van der Waals surface area contributed by atoms with Crippen LogP contribution < -0.4 is 10.1 Å². The second-order valence-electron chi connectivity index (χ2n) is 6.25. The molecule has 3 aromatic heterocycles. The minimum absolute atomic E-state index is 0.121. The van der Waals surface area contributed by atoms with Crippen molar-refractivity contribution in [3.05, 3.63) is 77.9 Å². The first-order chi connectivity index (χ1) is 14.7. The molecule has 0 radical (unpaired) electrons. The number of pyridine rings is 2. The number of aromatic nitrogens is 4. The highest BCUT2D eigenvalue weighted by Gasteiger charge is 2.16. The van der Waals surface area contributed by atoms with Gasteiger partial charge in [0, 0.05) is 24.5 Å². The highest BCUT2D eigenvalue weighted by atomic mass is 16.5. The van der Waals surface area contributed by atoms with Gasteiger partial charge in [0.05, 0.1) is 12.1 Å². The van der Waals surface area contributed by atoms with Gasteiger partial charge in [0.1, 0.15) is 11.3 Å². The number of rotatable bonds is 7. The molecule has 0 bridgehead atoms. The first-order valence-electron chi connectivity index (χ1n) is 9.13. The molecular weight excluding hydrogens is 386 g/mol. The standard InChI is InChI=1S/C21H17N5O4/c27-12-11-23-20(29)15-3-1-10-24-21(15)30-14-7-5-13(6-8-14)17(28)19-25-16-4-2-9-22-18(16)26-19/h1-10,27H,11-12H2,(H,23,29)(H,22,25,26). The molecule has 0 unspecified atom stereocenters. The summed E-state index contributed by atoms with van der Waals surface area (Å²) in [7, 11) is 0. The molecule has 1 aromatic carbocycles. The van der Waals surface area contributed by atoms with E-state index in [-0.39, 0.29) is 36.2 Å². The van der Waals surface area contributed by atoms with Gasteiger partial charge in [0.25, 0.3) is 5.91 Å². The molecular formula is C21H17N5O4. The van der Waals surface area contributed by atoms with E-state index in [2.05, 4.69) is 25.3 Å². The van der Waals surface area contributed by atoms with Gasteiger partial charge in [-0.2, -0.15) is 0 Å². The maximum Gasteiger partial charge on any atom is 0.256 e. The van der Waals surface area contributed by atoms with Crippen molar-refractivity contribution in [1.29, 1.82) is 0 Å². The Balaban J connectivity index is 1.52. The van der Waals surface area contributed by atoms with Crippen molar-refractivity contribution in [3.63, 3.8) is 0 Å². The number of ether oxygens (including phenoxy) is 1. The minimum Gasteiger partial charge on any atom is -0.438 e. The lowest BCUT2D eigenvalue weighted by Gasteiger charge is -2.10. The van der Waals surface area contributed by atoms with Gasteiger partial charge in [-0.05, 0) is 48.5 Å². The molecule has 0 spiro atoms. The molecule has 9 heteroatoms. The summed E-state index contributed by atoms with van der Waals surface area (Å²) >= 11 is 0. The summed E-state index contributed by atoms with van der Waals surface area (Å²) in [5, 5.41) is 11.4. The van der Waals surface area contributed by atoms with Crippen molar-refractivity contribution in [2.24, 2.45) is 0 Å². The average Bonchev–Trinajstić information content (AvgIpc) is 3.22. The van der Waals surface area contributed by atoms with E-state index in [0.717, 1.165) is 0 Å². The molecule has 0 aliphatic rings. The summed E-state index contributed by atoms with van der Waals surface area (Å²) in [5.41, 5.74) is 1.81. The lowest BCUT2D eigenvalue weighted by molar-refractivity contribution is 0.0941. The topological polar surface area (TPSA) is 130 Å². The molecule has 9 nitrogen and oxygen atoms in total. The highest BCUT2D eigenvalue weighted by molar-refractivity contribution is 6.07. The van der Waals surface area contributed by atoms with E-state index in [1.807, 2.05) is 0 Å². The van der Waals surface area contributed by atoms with Crippen LogP contribution in [0.1, 0.15) is 26.5 Å². The van der Waals surface area contributed by atoms with Crippen LogP contribution in [0.15, 0.2) is 60.9 Å². The second kappa shape index (κ2) is 8.50. The van der Waals surface area contributed by atoms with Gasteiger partial charge < -0.3 is 20.1 Å². The number of nitrogens with one attached hydrogen (secondary N) is 2. The van der Waals surface area contributed by atoms with Crippen LogP contribution in [0.3, 0.4) is 0 Å². The van der Waals surface area contributed by atoms with Crippen LogP contribution >= 0.6 is 0 Å². The quantitative estimate of drug-likeness (QED) is 0.403. The van der Waals surface area contributed by atoms with E-state index in [1.54, 1.807) is 54.7 Å². The summed E-state index contributed by atoms with van der Waals surface area (Å²) in [6.45, 7) is -0.0414. The summed E-state index contributed by atoms with van der Waals surface area (Å²) < 4.78 is 5.72. The number of aliphatic hydroxyl groups excluding tert-OH is 1. The van der Waals surface area contributed by atoms with Crippen LogP contribution in [0.2, 0.25) is 0 Å². The number of benzene rings is 1. The zero-order valence-corrected chi connectivity index (χ0v) is 15.7. The van der Waals surface area contributed by atoms with Crippen LogP contribution in [-0.4, -0.2) is 49.9 Å². The number of hydrogen-bond acceptors (Lipinski definition) is 7. The van der Waals surface area contributed by atoms with Crippen molar-refractivity contribution >= 4 is 22.9 Å². The SMILES string of the molecule is O=C(c1ccc(Oc2ncccc2C(=O)NCCO)cc1)c1nc2ncccc2[nH]1. The van der Waals surface area contributed by atoms with Crippen molar-refractivity contribution < 1.29 is 19.4 Å². The predicted octanol–water partition coefficient (Wildman–Crippen LogP) is 2.10. The summed E-state index contributed by atoms with van der Waals surface area (Å²) in [4.78, 5) is 40.3. The van der Waals surface area contributed by atoms with Gasteiger partial charge in [-0.3, -0.25) is 9.59 Å². The number of nitrogens with zero attached hydrogens (tertiary/aromatic N) is 3. The number of carbonyl (C=O) groups is 2. The number of ketones is 1. The van der Waals surface area contributed by atoms with Crippen molar-refractivity contribution in [2.75, 3.05) is 13.2 Å². The summed E-state index contributed by atoms with van der Waals surface area (Å²) in [5.74, 6) is 0.0481. The van der Waals surface area contributed by atoms with Crippen molar-refractivity contribution in [1.82, 2.24) is 25.3 Å². The van der Waals surface area contributed by atoms with Gasteiger partial charge in [-0.15, -0.1) is 0 Å². The third-order valence-corrected chi connectivity index (χ3v) is 4.22. The van der Waals surface area contributed by atoms with Gasteiger partial charge in [0.15, 0.2) is 11.5 Å². The molecule has 30 heavy (non-hydrogen) atoms. The maximum absolute atomic E-state index is 12.7. The number of imidazole rings is 1. The van der Waals surface area contributed by atoms with Crippen LogP contribution in [0, 0.1) is 0 Å². The molecule has 0 aliphatic heterocycles. The van der Waals surface area contributed by atoms with Crippen LogP contribution in [-0.2, 0) is 0 Å². The van der Waals surface area contributed by atoms with Gasteiger partial charge >= 0.3 is 0 Å². The van der Waals surface area contributed by atoms with E-state index in [0.29, 0.717) is 22.5 Å². The average molecular weight is 403 g/mol. The first kappa shape index (κ1) is 19.2. The number of fused-ring (bicyclic) bond motifs is 1. The zero-order chi connectivity index (χ0) is 20.9. The number of carbonyl (C=O) groups excluding carboxylic acids is 2. The Bertz CT molecular complexity index is 1170. The summed E-state index contributed by atoms with van der Waals surface area (Å²) in [6.07, 6.45) is 3.12. The van der Waals surface area contributed by atoms with E-state index in [9.17, 15) is 9.59 Å². The van der Waals surface area contributed by atoms with Crippen molar-refractivity contribution in [2.45, 2.75) is 0 Å². The monoisotopic (exact) mass is 403 g/mol. The third-order valence-electron chi connectivity index (χ3n) is 4.22. The van der Waals surface area contributed by atoms with Crippen LogP contribution in [0.4, 0.5) is 0 Å². The van der Waals surface area contributed by atoms with Crippen LogP contribution in [0.5, 0.6) is 11.6 Å². The fourth-order valence-electron chi connectivity index (χ4n) is 2.78. The fraction of sp³-hybridized carbons (Fsp3) is 0.0952. The largest absolute Gasteiger partial charge is 0.438 e. The molecule has 4 rings (SSSR count). The van der Waals surface area contributed by atoms with Crippen molar-refractivity contribution in [3.8, 4) is 11.6 Å². The van der Waals surface area contributed by atoms with Crippen LogP contribution in [0.25, 0.3) is 11.2 Å². The molecule has 0 saturated heterocycles. The molecule has 0 atom stereocenters. The Morgan fingerprint density at radius 3 is 2.57 bits per heavy atom. The molecule has 1 amide bonds. The maximum atomic E-state index is 12.7. The molecule has 3 heterocycles. The predicted molar refractivity (Wildman–Crippen MR) is 107 cm³/mol. The van der Waals surface area contributed by atoms with E-state index >= 15 is 0 Å². The first-order valence-corrected chi connectivity index (χ1v) is 9.13. The van der Waals surface area contributed by atoms with E-state index in [4.69, 9.17) is 9.84 Å². The van der Waals surface area contributed by atoms with Gasteiger partial charge in [-0.25, -0.2) is 15.0 Å². The highest BCUT2D eigenvalue weighted by Crippen LogP contribution is 2.24. The second-order valence-corrected chi connectivity index (χ2v) is 6.25. The van der Waals surface area contributed by atoms with E-state index in [1.165, 1.54) is 6.20 Å². The molecule has 0 fully saturated rings. The normalized spacial score (nSPS) is 10.7. The number of H-pyrrole nitrogens is 1. The smallest absolute Gasteiger partial charge is 0.256 e. The lowest BCUT2D eigenvalue weighted by Crippen LogP contribution is -2.26. The number of aliphatic hydroxyl groups is 1. The Labute approximate surface area is 170 Å². The number of aromatic amines is 1. The number of amides is 1. The molecule has 0 saturated carbocycles. The summed E-state index contributed by atoms with van der Waals surface area (Å²) in [6, 6.07) is 13.2. The third kappa shape index (κ3) is 4.01. The Hall–Kier alpha value is -4.11. The Morgan fingerprint density at radius 2 is 1.80 bits per heavy atom. The molecule has 150 valence electrons. The molecule has 0 aliphatic carbocycles. The lowest BCUT2D eigenvalue weighted by atomic mass is 10.1. The van der Waals surface area contributed by atoms with E-state index < -0.39 is 5.91 Å². The molecule has 4 aromatic rings. The molecule has 3 N–H and O–H groups in total. The minimum atomic E-state index is -0.405.